The molecule has 1 aromatic rings. The van der Waals surface area contributed by atoms with Crippen LogP contribution in [0.15, 0.2) is 28.1 Å². The maximum Gasteiger partial charge on any atom is 0.235 e. The van der Waals surface area contributed by atoms with Crippen molar-refractivity contribution in [1.82, 2.24) is 0 Å². The van der Waals surface area contributed by atoms with Gasteiger partial charge in [-0.1, -0.05) is 18.9 Å². The number of rotatable bonds is 4. The first kappa shape index (κ1) is 12.9. The summed E-state index contributed by atoms with van der Waals surface area (Å²) in [5, 5.41) is 0.591. The van der Waals surface area contributed by atoms with E-state index in [9.17, 15) is 9.18 Å². The monoisotopic (exact) mass is 277 g/mol. The van der Waals surface area contributed by atoms with Gasteiger partial charge < -0.3 is 0 Å². The summed E-state index contributed by atoms with van der Waals surface area (Å²) in [5.41, 5.74) is 0.303. The van der Waals surface area contributed by atoms with Crippen molar-refractivity contribution in [3.05, 3.63) is 29.6 Å². The van der Waals surface area contributed by atoms with E-state index in [1.165, 1.54) is 12.8 Å². The third kappa shape index (κ3) is 2.60. The molecular formula is C15H16FNOS. The number of hydrogen-bond acceptors (Lipinski definition) is 3. The standard InChI is InChI=1S/C15H16FNOS/c16-13-9-11(3-6-14(13)19-12-4-5-12)15(17-10-18)7-1-2-8-15/h3,6,9,12H,1-2,4-5,7-8H2. The highest BCUT2D eigenvalue weighted by Gasteiger charge is 2.36. The van der Waals surface area contributed by atoms with E-state index < -0.39 is 5.54 Å². The molecule has 0 spiro atoms. The molecule has 19 heavy (non-hydrogen) atoms. The van der Waals surface area contributed by atoms with Crippen molar-refractivity contribution in [2.45, 2.75) is 54.2 Å². The van der Waals surface area contributed by atoms with Crippen molar-refractivity contribution in [3.8, 4) is 0 Å². The summed E-state index contributed by atoms with van der Waals surface area (Å²) in [4.78, 5) is 15.4. The van der Waals surface area contributed by atoms with Crippen LogP contribution < -0.4 is 0 Å². The second kappa shape index (κ2) is 5.10. The number of nitrogens with zero attached hydrogens (tertiary/aromatic N) is 1. The number of isocyanates is 1. The van der Waals surface area contributed by atoms with E-state index in [2.05, 4.69) is 4.99 Å². The van der Waals surface area contributed by atoms with E-state index in [-0.39, 0.29) is 5.82 Å². The summed E-state index contributed by atoms with van der Waals surface area (Å²) in [5.74, 6) is -0.179. The Balaban J connectivity index is 1.91. The Kier molecular flexibility index (Phi) is 3.46. The molecule has 2 nitrogen and oxygen atoms in total. The molecule has 4 heteroatoms. The van der Waals surface area contributed by atoms with Crippen molar-refractivity contribution in [3.63, 3.8) is 0 Å². The van der Waals surface area contributed by atoms with Gasteiger partial charge in [0.25, 0.3) is 0 Å². The van der Waals surface area contributed by atoms with Gasteiger partial charge in [0.1, 0.15) is 5.82 Å². The summed E-state index contributed by atoms with van der Waals surface area (Å²) in [6.07, 6.45) is 7.74. The maximum absolute atomic E-state index is 14.1. The Morgan fingerprint density at radius 1 is 1.32 bits per heavy atom. The average molecular weight is 277 g/mol. The molecule has 0 saturated heterocycles. The van der Waals surface area contributed by atoms with E-state index in [1.807, 2.05) is 12.1 Å². The first-order valence-electron chi connectivity index (χ1n) is 6.79. The lowest BCUT2D eigenvalue weighted by Crippen LogP contribution is -2.19. The van der Waals surface area contributed by atoms with Crippen molar-refractivity contribution in [1.29, 1.82) is 0 Å². The molecule has 100 valence electrons. The van der Waals surface area contributed by atoms with Crippen LogP contribution >= 0.6 is 11.8 Å². The van der Waals surface area contributed by atoms with E-state index in [4.69, 9.17) is 0 Å². The average Bonchev–Trinajstić information content (AvgIpc) is 3.09. The van der Waals surface area contributed by atoms with Gasteiger partial charge in [0.15, 0.2) is 0 Å². The quantitative estimate of drug-likeness (QED) is 0.610. The summed E-state index contributed by atoms with van der Waals surface area (Å²) >= 11 is 1.62. The van der Waals surface area contributed by atoms with Crippen LogP contribution in [-0.4, -0.2) is 11.3 Å². The Bertz CT molecular complexity index is 529. The van der Waals surface area contributed by atoms with Crippen LogP contribution in [0, 0.1) is 5.82 Å². The van der Waals surface area contributed by atoms with Crippen LogP contribution in [0.4, 0.5) is 4.39 Å². The van der Waals surface area contributed by atoms with E-state index in [0.29, 0.717) is 5.25 Å². The summed E-state index contributed by atoms with van der Waals surface area (Å²) < 4.78 is 14.1. The molecule has 0 heterocycles. The molecule has 0 radical (unpaired) electrons. The fourth-order valence-corrected chi connectivity index (χ4v) is 3.81. The number of thioether (sulfide) groups is 1. The lowest BCUT2D eigenvalue weighted by Gasteiger charge is -2.23. The summed E-state index contributed by atoms with van der Waals surface area (Å²) in [7, 11) is 0. The Morgan fingerprint density at radius 2 is 2.05 bits per heavy atom. The third-order valence-electron chi connectivity index (χ3n) is 3.98. The molecule has 2 saturated carbocycles. The summed E-state index contributed by atoms with van der Waals surface area (Å²) in [6.45, 7) is 0. The van der Waals surface area contributed by atoms with Gasteiger partial charge >= 0.3 is 0 Å². The fourth-order valence-electron chi connectivity index (χ4n) is 2.76. The molecule has 2 aliphatic rings. The van der Waals surface area contributed by atoms with Crippen LogP contribution in [0.1, 0.15) is 44.1 Å². The smallest absolute Gasteiger partial charge is 0.211 e. The predicted molar refractivity (Wildman–Crippen MR) is 73.5 cm³/mol. The zero-order valence-corrected chi connectivity index (χ0v) is 11.5. The van der Waals surface area contributed by atoms with E-state index in [0.717, 1.165) is 36.1 Å². The second-order valence-corrected chi connectivity index (χ2v) is 6.75. The molecule has 0 amide bonds. The van der Waals surface area contributed by atoms with Crippen LogP contribution in [-0.2, 0) is 10.3 Å². The second-order valence-electron chi connectivity index (χ2n) is 5.40. The van der Waals surface area contributed by atoms with Gasteiger partial charge in [0.2, 0.25) is 6.08 Å². The highest BCUT2D eigenvalue weighted by Crippen LogP contribution is 2.44. The van der Waals surface area contributed by atoms with Gasteiger partial charge in [0.05, 0.1) is 5.54 Å². The molecule has 2 fully saturated rings. The van der Waals surface area contributed by atoms with E-state index in [1.54, 1.807) is 23.9 Å². The SMILES string of the molecule is O=C=NC1(c2ccc(SC3CC3)c(F)c2)CCCC1. The van der Waals surface area contributed by atoms with Gasteiger partial charge in [0, 0.05) is 10.1 Å². The first-order valence-corrected chi connectivity index (χ1v) is 7.67. The highest BCUT2D eigenvalue weighted by atomic mass is 32.2. The van der Waals surface area contributed by atoms with Gasteiger partial charge in [-0.2, -0.15) is 4.99 Å². The van der Waals surface area contributed by atoms with Crippen molar-refractivity contribution >= 4 is 17.8 Å². The first-order chi connectivity index (χ1) is 9.23. The third-order valence-corrected chi connectivity index (χ3v) is 5.37. The number of hydrogen-bond donors (Lipinski definition) is 0. The highest BCUT2D eigenvalue weighted by molar-refractivity contribution is 8.00. The Hall–Kier alpha value is -1.12. The topological polar surface area (TPSA) is 29.4 Å². The number of aliphatic imine (C=N–C) groups is 1. The van der Waals surface area contributed by atoms with Crippen LogP contribution in [0.5, 0.6) is 0 Å². The maximum atomic E-state index is 14.1. The molecule has 0 N–H and O–H groups in total. The molecule has 0 bridgehead atoms. The number of carbonyl (C=O) groups excluding carboxylic acids is 1. The minimum atomic E-state index is -0.522. The molecule has 0 atom stereocenters. The molecular weight excluding hydrogens is 261 g/mol. The van der Waals surface area contributed by atoms with Gasteiger partial charge in [-0.3, -0.25) is 0 Å². The predicted octanol–water partition coefficient (Wildman–Crippen LogP) is 4.19. The fraction of sp³-hybridized carbons (Fsp3) is 0.533. The van der Waals surface area contributed by atoms with Gasteiger partial charge in [-0.05, 0) is 43.4 Å². The Labute approximate surface area is 116 Å². The minimum absolute atomic E-state index is 0.179. The molecule has 3 rings (SSSR count). The van der Waals surface area contributed by atoms with Gasteiger partial charge in [-0.25, -0.2) is 9.18 Å². The van der Waals surface area contributed by atoms with Crippen LogP contribution in [0.2, 0.25) is 0 Å². The van der Waals surface area contributed by atoms with Crippen molar-refractivity contribution in [2.75, 3.05) is 0 Å². The Morgan fingerprint density at radius 3 is 2.63 bits per heavy atom. The van der Waals surface area contributed by atoms with Gasteiger partial charge in [-0.15, -0.1) is 11.8 Å². The molecule has 0 unspecified atom stereocenters. The van der Waals surface area contributed by atoms with Crippen molar-refractivity contribution < 1.29 is 9.18 Å². The molecule has 0 aromatic heterocycles. The largest absolute Gasteiger partial charge is 0.235 e. The minimum Gasteiger partial charge on any atom is -0.211 e. The lowest BCUT2D eigenvalue weighted by atomic mass is 9.89. The van der Waals surface area contributed by atoms with E-state index >= 15 is 0 Å². The van der Waals surface area contributed by atoms with Crippen LogP contribution in [0.25, 0.3) is 0 Å². The number of halogens is 1. The molecule has 1 aromatic carbocycles. The number of benzene rings is 1. The van der Waals surface area contributed by atoms with Crippen molar-refractivity contribution in [2.24, 2.45) is 4.99 Å². The van der Waals surface area contributed by atoms with Crippen LogP contribution in [0.3, 0.4) is 0 Å². The summed E-state index contributed by atoms with van der Waals surface area (Å²) in [6, 6.07) is 5.34. The molecule has 0 aliphatic heterocycles. The lowest BCUT2D eigenvalue weighted by molar-refractivity contribution is 0.451. The zero-order valence-electron chi connectivity index (χ0n) is 10.7. The normalized spacial score (nSPS) is 21.1. The zero-order chi connectivity index (χ0) is 13.3. The molecule has 2 aliphatic carbocycles.